The summed E-state index contributed by atoms with van der Waals surface area (Å²) in [7, 11) is 1.55. The number of nitrogens with one attached hydrogen (secondary N) is 1. The van der Waals surface area contributed by atoms with Gasteiger partial charge in [0.25, 0.3) is 5.91 Å². The van der Waals surface area contributed by atoms with Gasteiger partial charge in [-0.3, -0.25) is 4.79 Å². The number of carbonyl (C=O) groups excluding carboxylic acids is 1. The lowest BCUT2D eigenvalue weighted by Crippen LogP contribution is -2.31. The zero-order valence-corrected chi connectivity index (χ0v) is 13.4. The Hall–Kier alpha value is -2.56. The Bertz CT molecular complexity index is 670. The smallest absolute Gasteiger partial charge is 0.258 e. The number of amides is 1. The third-order valence-corrected chi connectivity index (χ3v) is 3.43. The Kier molecular flexibility index (Phi) is 5.57. The van der Waals surface area contributed by atoms with E-state index in [9.17, 15) is 9.18 Å². The zero-order chi connectivity index (χ0) is 16.8. The summed E-state index contributed by atoms with van der Waals surface area (Å²) in [6.45, 7) is 3.66. The molecule has 23 heavy (non-hydrogen) atoms. The third kappa shape index (κ3) is 4.71. The molecule has 1 N–H and O–H groups in total. The van der Waals surface area contributed by atoms with Gasteiger partial charge in [0.15, 0.2) is 18.1 Å². The van der Waals surface area contributed by atoms with Crippen LogP contribution in [0.3, 0.4) is 0 Å². The first-order chi connectivity index (χ1) is 11.0. The highest BCUT2D eigenvalue weighted by Crippen LogP contribution is 2.27. The second-order valence-electron chi connectivity index (χ2n) is 5.28. The molecule has 0 aliphatic rings. The van der Waals surface area contributed by atoms with E-state index in [1.165, 1.54) is 12.1 Å². The molecule has 0 saturated heterocycles. The van der Waals surface area contributed by atoms with Crippen LogP contribution in [0.1, 0.15) is 24.1 Å². The molecule has 0 aromatic heterocycles. The number of hydrogen-bond acceptors (Lipinski definition) is 3. The van der Waals surface area contributed by atoms with Gasteiger partial charge in [-0.15, -0.1) is 0 Å². The van der Waals surface area contributed by atoms with Crippen molar-refractivity contribution in [2.75, 3.05) is 13.7 Å². The lowest BCUT2D eigenvalue weighted by atomic mass is 10.1. The number of methoxy groups -OCH3 is 1. The molecule has 2 aromatic carbocycles. The maximum atomic E-state index is 12.9. The highest BCUT2D eigenvalue weighted by Gasteiger charge is 2.12. The number of hydrogen-bond donors (Lipinski definition) is 1. The lowest BCUT2D eigenvalue weighted by Gasteiger charge is -2.15. The van der Waals surface area contributed by atoms with Gasteiger partial charge in [-0.2, -0.15) is 0 Å². The van der Waals surface area contributed by atoms with Crippen LogP contribution in [0.15, 0.2) is 42.5 Å². The minimum atomic E-state index is -0.304. The Morgan fingerprint density at radius 1 is 1.17 bits per heavy atom. The van der Waals surface area contributed by atoms with Crippen molar-refractivity contribution in [2.45, 2.75) is 19.9 Å². The molecule has 0 aliphatic carbocycles. The zero-order valence-electron chi connectivity index (χ0n) is 13.4. The van der Waals surface area contributed by atoms with Crippen LogP contribution in [-0.2, 0) is 4.79 Å². The molecule has 4 nitrogen and oxygen atoms in total. The fraction of sp³-hybridized carbons (Fsp3) is 0.278. The van der Waals surface area contributed by atoms with E-state index in [0.29, 0.717) is 11.5 Å². The second kappa shape index (κ2) is 7.63. The minimum Gasteiger partial charge on any atom is -0.493 e. The van der Waals surface area contributed by atoms with Crippen LogP contribution in [-0.4, -0.2) is 19.6 Å². The summed E-state index contributed by atoms with van der Waals surface area (Å²) >= 11 is 0. The van der Waals surface area contributed by atoms with E-state index in [-0.39, 0.29) is 24.4 Å². The molecular formula is C18H20FNO3. The summed E-state index contributed by atoms with van der Waals surface area (Å²) in [5, 5.41) is 2.81. The predicted molar refractivity (Wildman–Crippen MR) is 86.2 cm³/mol. The van der Waals surface area contributed by atoms with Crippen molar-refractivity contribution in [3.05, 3.63) is 59.4 Å². The molecule has 1 amide bonds. The topological polar surface area (TPSA) is 47.6 Å². The number of aryl methyl sites for hydroxylation is 1. The van der Waals surface area contributed by atoms with Crippen molar-refractivity contribution >= 4 is 5.91 Å². The number of benzene rings is 2. The standard InChI is InChI=1S/C18H20FNO3/c1-12-4-9-16(17(10-12)22-3)23-11-18(21)20-13(2)14-5-7-15(19)8-6-14/h4-10,13H,11H2,1-3H3,(H,20,21)/t13-/m0/s1. The molecule has 0 fully saturated rings. The van der Waals surface area contributed by atoms with E-state index < -0.39 is 0 Å². The van der Waals surface area contributed by atoms with Crippen LogP contribution >= 0.6 is 0 Å². The summed E-state index contributed by atoms with van der Waals surface area (Å²) in [5.41, 5.74) is 1.87. The first-order valence-electron chi connectivity index (χ1n) is 7.32. The fourth-order valence-corrected chi connectivity index (χ4v) is 2.16. The highest BCUT2D eigenvalue weighted by molar-refractivity contribution is 5.78. The van der Waals surface area contributed by atoms with Crippen molar-refractivity contribution in [1.82, 2.24) is 5.32 Å². The maximum absolute atomic E-state index is 12.9. The molecule has 0 bridgehead atoms. The summed E-state index contributed by atoms with van der Waals surface area (Å²) in [4.78, 5) is 12.0. The summed E-state index contributed by atoms with van der Waals surface area (Å²) in [6.07, 6.45) is 0. The summed E-state index contributed by atoms with van der Waals surface area (Å²) < 4.78 is 23.6. The molecule has 122 valence electrons. The van der Waals surface area contributed by atoms with Crippen molar-refractivity contribution in [3.8, 4) is 11.5 Å². The largest absolute Gasteiger partial charge is 0.493 e. The third-order valence-electron chi connectivity index (χ3n) is 3.43. The quantitative estimate of drug-likeness (QED) is 0.888. The van der Waals surface area contributed by atoms with E-state index in [1.807, 2.05) is 26.0 Å². The molecule has 0 aliphatic heterocycles. The van der Waals surface area contributed by atoms with Gasteiger partial charge in [-0.05, 0) is 49.2 Å². The van der Waals surface area contributed by atoms with E-state index in [4.69, 9.17) is 9.47 Å². The predicted octanol–water partition coefficient (Wildman–Crippen LogP) is 3.40. The average molecular weight is 317 g/mol. The molecule has 5 heteroatoms. The van der Waals surface area contributed by atoms with Crippen molar-refractivity contribution in [2.24, 2.45) is 0 Å². The van der Waals surface area contributed by atoms with Crippen molar-refractivity contribution in [3.63, 3.8) is 0 Å². The molecule has 0 heterocycles. The highest BCUT2D eigenvalue weighted by atomic mass is 19.1. The average Bonchev–Trinajstić information content (AvgIpc) is 2.54. The summed E-state index contributed by atoms with van der Waals surface area (Å²) in [6, 6.07) is 11.3. The number of halogens is 1. The fourth-order valence-electron chi connectivity index (χ4n) is 2.16. The monoisotopic (exact) mass is 317 g/mol. The minimum absolute atomic E-state index is 0.120. The van der Waals surface area contributed by atoms with Gasteiger partial charge in [0, 0.05) is 0 Å². The van der Waals surface area contributed by atoms with Crippen LogP contribution in [0.4, 0.5) is 4.39 Å². The first kappa shape index (κ1) is 16.8. The molecule has 2 aromatic rings. The van der Waals surface area contributed by atoms with Gasteiger partial charge in [-0.1, -0.05) is 18.2 Å². The van der Waals surface area contributed by atoms with Crippen LogP contribution in [0.5, 0.6) is 11.5 Å². The lowest BCUT2D eigenvalue weighted by molar-refractivity contribution is -0.123. The molecule has 0 spiro atoms. The first-order valence-corrected chi connectivity index (χ1v) is 7.32. The maximum Gasteiger partial charge on any atom is 0.258 e. The van der Waals surface area contributed by atoms with Gasteiger partial charge in [0.2, 0.25) is 0 Å². The van der Waals surface area contributed by atoms with Crippen molar-refractivity contribution in [1.29, 1.82) is 0 Å². The Labute approximate surface area is 135 Å². The van der Waals surface area contributed by atoms with Crippen molar-refractivity contribution < 1.29 is 18.7 Å². The van der Waals surface area contributed by atoms with Gasteiger partial charge in [0.1, 0.15) is 5.82 Å². The van der Waals surface area contributed by atoms with Crippen LogP contribution in [0, 0.1) is 12.7 Å². The van der Waals surface area contributed by atoms with E-state index in [0.717, 1.165) is 11.1 Å². The van der Waals surface area contributed by atoms with Gasteiger partial charge >= 0.3 is 0 Å². The molecule has 0 radical (unpaired) electrons. The van der Waals surface area contributed by atoms with E-state index in [2.05, 4.69) is 5.32 Å². The Morgan fingerprint density at radius 2 is 1.87 bits per heavy atom. The van der Waals surface area contributed by atoms with Gasteiger partial charge < -0.3 is 14.8 Å². The molecule has 1 atom stereocenters. The van der Waals surface area contributed by atoms with Crippen LogP contribution < -0.4 is 14.8 Å². The van der Waals surface area contributed by atoms with Gasteiger partial charge in [-0.25, -0.2) is 4.39 Å². The Morgan fingerprint density at radius 3 is 2.52 bits per heavy atom. The number of rotatable bonds is 6. The van der Waals surface area contributed by atoms with E-state index >= 15 is 0 Å². The normalized spacial score (nSPS) is 11.7. The molecule has 0 saturated carbocycles. The van der Waals surface area contributed by atoms with Crippen LogP contribution in [0.25, 0.3) is 0 Å². The SMILES string of the molecule is COc1cc(C)ccc1OCC(=O)N[C@@H](C)c1ccc(F)cc1. The molecular weight excluding hydrogens is 297 g/mol. The second-order valence-corrected chi connectivity index (χ2v) is 5.28. The van der Waals surface area contributed by atoms with E-state index in [1.54, 1.807) is 25.3 Å². The number of ether oxygens (including phenoxy) is 2. The molecule has 2 rings (SSSR count). The molecule has 0 unspecified atom stereocenters. The Balaban J connectivity index is 1.91. The summed E-state index contributed by atoms with van der Waals surface area (Å²) in [5.74, 6) is 0.540. The van der Waals surface area contributed by atoms with Gasteiger partial charge in [0.05, 0.1) is 13.2 Å². The number of carbonyl (C=O) groups is 1. The van der Waals surface area contributed by atoms with Crippen LogP contribution in [0.2, 0.25) is 0 Å².